The molecule has 0 radical (unpaired) electrons. The highest BCUT2D eigenvalue weighted by Gasteiger charge is 2.31. The Hall–Kier alpha value is -2.50. The van der Waals surface area contributed by atoms with Gasteiger partial charge in [-0.25, -0.2) is 4.98 Å². The third kappa shape index (κ3) is 3.48. The Morgan fingerprint density at radius 2 is 1.84 bits per heavy atom. The van der Waals surface area contributed by atoms with E-state index in [0.29, 0.717) is 23.4 Å². The number of ether oxygens (including phenoxy) is 1. The molecular formula is C19H19F3N2O. The molecule has 3 aromatic rings. The van der Waals surface area contributed by atoms with Crippen molar-refractivity contribution in [1.82, 2.24) is 9.55 Å². The van der Waals surface area contributed by atoms with E-state index in [4.69, 9.17) is 4.74 Å². The van der Waals surface area contributed by atoms with E-state index in [-0.39, 0.29) is 6.61 Å². The summed E-state index contributed by atoms with van der Waals surface area (Å²) < 4.78 is 46.4. The molecule has 0 amide bonds. The Morgan fingerprint density at radius 1 is 1.08 bits per heavy atom. The summed E-state index contributed by atoms with van der Waals surface area (Å²) in [6, 6.07) is 9.52. The van der Waals surface area contributed by atoms with E-state index < -0.39 is 11.7 Å². The van der Waals surface area contributed by atoms with Crippen LogP contribution in [0.1, 0.15) is 29.4 Å². The molecule has 0 saturated carbocycles. The van der Waals surface area contributed by atoms with Crippen LogP contribution in [-0.2, 0) is 19.3 Å². The molecule has 0 fully saturated rings. The fraction of sp³-hybridized carbons (Fsp3) is 0.316. The van der Waals surface area contributed by atoms with Crippen molar-refractivity contribution in [1.29, 1.82) is 0 Å². The molecule has 0 aliphatic carbocycles. The number of imidazole rings is 1. The van der Waals surface area contributed by atoms with Gasteiger partial charge in [0, 0.05) is 6.54 Å². The maximum atomic E-state index is 12.9. The van der Waals surface area contributed by atoms with Crippen LogP contribution in [0.25, 0.3) is 11.0 Å². The van der Waals surface area contributed by atoms with Gasteiger partial charge in [-0.15, -0.1) is 0 Å². The smallest absolute Gasteiger partial charge is 0.416 e. The Kier molecular flexibility index (Phi) is 4.45. The van der Waals surface area contributed by atoms with Crippen LogP contribution in [0.5, 0.6) is 5.75 Å². The van der Waals surface area contributed by atoms with Crippen molar-refractivity contribution in [3.8, 4) is 5.75 Å². The van der Waals surface area contributed by atoms with Crippen LogP contribution in [0.3, 0.4) is 0 Å². The molecule has 1 aromatic heterocycles. The fourth-order valence-electron chi connectivity index (χ4n) is 2.92. The standard InChI is InChI=1S/C19H19F3N2O/c1-4-24-16-7-6-14(19(20,21)22)10-15(16)23-18(24)11-25-17-8-5-12(2)9-13(17)3/h5-10H,4,11H2,1-3H3. The first kappa shape index (κ1) is 17.3. The number of hydrogen-bond donors (Lipinski definition) is 0. The molecule has 0 atom stereocenters. The maximum Gasteiger partial charge on any atom is 0.416 e. The first-order chi connectivity index (χ1) is 11.8. The van der Waals surface area contributed by atoms with Crippen LogP contribution < -0.4 is 4.74 Å². The first-order valence-corrected chi connectivity index (χ1v) is 8.06. The van der Waals surface area contributed by atoms with Crippen LogP contribution in [0.2, 0.25) is 0 Å². The zero-order valence-electron chi connectivity index (χ0n) is 14.3. The molecule has 0 N–H and O–H groups in total. The third-order valence-corrected chi connectivity index (χ3v) is 4.16. The summed E-state index contributed by atoms with van der Waals surface area (Å²) in [5, 5.41) is 0. The van der Waals surface area contributed by atoms with Crippen LogP contribution in [0.4, 0.5) is 13.2 Å². The second kappa shape index (κ2) is 6.43. The molecule has 3 nitrogen and oxygen atoms in total. The van der Waals surface area contributed by atoms with Gasteiger partial charge in [-0.3, -0.25) is 0 Å². The lowest BCUT2D eigenvalue weighted by Crippen LogP contribution is -2.06. The molecule has 0 spiro atoms. The summed E-state index contributed by atoms with van der Waals surface area (Å²) in [5.74, 6) is 1.35. The van der Waals surface area contributed by atoms with Gasteiger partial charge < -0.3 is 9.30 Å². The second-order valence-electron chi connectivity index (χ2n) is 6.03. The van der Waals surface area contributed by atoms with Gasteiger partial charge in [-0.1, -0.05) is 17.7 Å². The molecule has 132 valence electrons. The van der Waals surface area contributed by atoms with Gasteiger partial charge in [0.15, 0.2) is 0 Å². The van der Waals surface area contributed by atoms with Crippen molar-refractivity contribution in [3.63, 3.8) is 0 Å². The summed E-state index contributed by atoms with van der Waals surface area (Å²) in [4.78, 5) is 4.36. The van der Waals surface area contributed by atoms with Crippen LogP contribution in [0, 0.1) is 13.8 Å². The van der Waals surface area contributed by atoms with Gasteiger partial charge in [0.05, 0.1) is 16.6 Å². The number of benzene rings is 2. The van der Waals surface area contributed by atoms with Crippen molar-refractivity contribution in [2.24, 2.45) is 0 Å². The fourth-order valence-corrected chi connectivity index (χ4v) is 2.92. The Morgan fingerprint density at radius 3 is 2.48 bits per heavy atom. The van der Waals surface area contributed by atoms with Crippen LogP contribution >= 0.6 is 0 Å². The van der Waals surface area contributed by atoms with E-state index in [2.05, 4.69) is 4.98 Å². The number of fused-ring (bicyclic) bond motifs is 1. The summed E-state index contributed by atoms with van der Waals surface area (Å²) >= 11 is 0. The predicted molar refractivity (Wildman–Crippen MR) is 90.7 cm³/mol. The lowest BCUT2D eigenvalue weighted by molar-refractivity contribution is -0.137. The number of halogens is 3. The van der Waals surface area contributed by atoms with Gasteiger partial charge in [-0.05, 0) is 50.6 Å². The number of aromatic nitrogens is 2. The molecule has 6 heteroatoms. The van der Waals surface area contributed by atoms with Crippen LogP contribution in [0.15, 0.2) is 36.4 Å². The van der Waals surface area contributed by atoms with Crippen LogP contribution in [-0.4, -0.2) is 9.55 Å². The zero-order valence-corrected chi connectivity index (χ0v) is 14.3. The van der Waals surface area contributed by atoms with E-state index in [1.165, 1.54) is 6.07 Å². The average molecular weight is 348 g/mol. The quantitative estimate of drug-likeness (QED) is 0.642. The summed E-state index contributed by atoms with van der Waals surface area (Å²) in [5.41, 5.74) is 2.47. The highest BCUT2D eigenvalue weighted by Crippen LogP contribution is 2.31. The Bertz CT molecular complexity index is 913. The van der Waals surface area contributed by atoms with Crippen molar-refractivity contribution in [2.75, 3.05) is 0 Å². The third-order valence-electron chi connectivity index (χ3n) is 4.16. The minimum absolute atomic E-state index is 0.202. The summed E-state index contributed by atoms with van der Waals surface area (Å²) in [7, 11) is 0. The SMILES string of the molecule is CCn1c(COc2ccc(C)cc2C)nc2cc(C(F)(F)F)ccc21. The normalized spacial score (nSPS) is 11.9. The number of hydrogen-bond acceptors (Lipinski definition) is 2. The van der Waals surface area contributed by atoms with E-state index >= 15 is 0 Å². The van der Waals surface area contributed by atoms with E-state index in [0.717, 1.165) is 29.0 Å². The molecule has 0 aliphatic heterocycles. The highest BCUT2D eigenvalue weighted by atomic mass is 19.4. The van der Waals surface area contributed by atoms with Gasteiger partial charge in [-0.2, -0.15) is 13.2 Å². The van der Waals surface area contributed by atoms with Crippen molar-refractivity contribution in [2.45, 2.75) is 40.1 Å². The molecular weight excluding hydrogens is 329 g/mol. The Labute approximate surface area is 144 Å². The van der Waals surface area contributed by atoms with Gasteiger partial charge in [0.1, 0.15) is 18.2 Å². The monoisotopic (exact) mass is 348 g/mol. The van der Waals surface area contributed by atoms with Gasteiger partial charge in [0.25, 0.3) is 0 Å². The number of rotatable bonds is 4. The zero-order chi connectivity index (χ0) is 18.2. The number of nitrogens with zero attached hydrogens (tertiary/aromatic N) is 2. The molecule has 0 saturated heterocycles. The predicted octanol–water partition coefficient (Wildman–Crippen LogP) is 5.27. The van der Waals surface area contributed by atoms with E-state index in [1.54, 1.807) is 0 Å². The minimum atomic E-state index is -4.38. The molecule has 2 aromatic carbocycles. The summed E-state index contributed by atoms with van der Waals surface area (Å²) in [6.07, 6.45) is -4.38. The van der Waals surface area contributed by atoms with Gasteiger partial charge in [0.2, 0.25) is 0 Å². The maximum absolute atomic E-state index is 12.9. The minimum Gasteiger partial charge on any atom is -0.485 e. The molecule has 3 rings (SSSR count). The van der Waals surface area contributed by atoms with E-state index in [1.807, 2.05) is 43.5 Å². The number of alkyl halides is 3. The van der Waals surface area contributed by atoms with Crippen molar-refractivity contribution in [3.05, 3.63) is 58.9 Å². The van der Waals surface area contributed by atoms with E-state index in [9.17, 15) is 13.2 Å². The molecule has 25 heavy (non-hydrogen) atoms. The Balaban J connectivity index is 1.92. The molecule has 0 aliphatic rings. The van der Waals surface area contributed by atoms with Gasteiger partial charge >= 0.3 is 6.18 Å². The largest absolute Gasteiger partial charge is 0.485 e. The van der Waals surface area contributed by atoms with Crippen molar-refractivity contribution < 1.29 is 17.9 Å². The molecule has 1 heterocycles. The lowest BCUT2D eigenvalue weighted by Gasteiger charge is -2.11. The average Bonchev–Trinajstić information content (AvgIpc) is 2.89. The second-order valence-corrected chi connectivity index (χ2v) is 6.03. The topological polar surface area (TPSA) is 27.1 Å². The lowest BCUT2D eigenvalue weighted by atomic mass is 10.1. The number of aryl methyl sites for hydroxylation is 3. The molecule has 0 bridgehead atoms. The highest BCUT2D eigenvalue weighted by molar-refractivity contribution is 5.77. The summed E-state index contributed by atoms with van der Waals surface area (Å²) in [6.45, 7) is 6.70. The van der Waals surface area contributed by atoms with Crippen molar-refractivity contribution >= 4 is 11.0 Å². The first-order valence-electron chi connectivity index (χ1n) is 8.06. The molecule has 0 unspecified atom stereocenters.